The lowest BCUT2D eigenvalue weighted by Crippen LogP contribution is -2.53. The van der Waals surface area contributed by atoms with Crippen molar-refractivity contribution < 1.29 is 23.5 Å². The molecule has 1 saturated heterocycles. The van der Waals surface area contributed by atoms with Crippen LogP contribution in [0.5, 0.6) is 5.75 Å². The maximum atomic E-state index is 13.0. The van der Waals surface area contributed by atoms with Gasteiger partial charge in [0.1, 0.15) is 23.7 Å². The van der Waals surface area contributed by atoms with E-state index in [9.17, 15) is 14.4 Å². The number of amides is 4. The Morgan fingerprint density at radius 1 is 1.09 bits per heavy atom. The molecule has 0 radical (unpaired) electrons. The third-order valence-corrected chi connectivity index (χ3v) is 5.40. The van der Waals surface area contributed by atoms with Crippen LogP contribution in [0.4, 0.5) is 4.79 Å². The smallest absolute Gasteiger partial charge is 0.331 e. The number of ether oxygens (including phenoxy) is 1. The van der Waals surface area contributed by atoms with Gasteiger partial charge < -0.3 is 9.15 Å². The molecular formula is C23H16BrClN2O5. The summed E-state index contributed by atoms with van der Waals surface area (Å²) in [5, 5.41) is 2.82. The number of carbonyl (C=O) groups excluding carboxylic acids is 3. The summed E-state index contributed by atoms with van der Waals surface area (Å²) < 4.78 is 11.9. The highest BCUT2D eigenvalue weighted by atomic mass is 79.9. The molecule has 2 heterocycles. The van der Waals surface area contributed by atoms with Gasteiger partial charge in [-0.3, -0.25) is 19.8 Å². The molecule has 3 aromatic rings. The molecule has 0 saturated carbocycles. The third-order valence-electron chi connectivity index (χ3n) is 4.66. The minimum atomic E-state index is -0.804. The number of urea groups is 1. The summed E-state index contributed by atoms with van der Waals surface area (Å²) in [5.74, 6) is -0.625. The van der Waals surface area contributed by atoms with Crippen LogP contribution in [0.15, 0.2) is 75.3 Å². The van der Waals surface area contributed by atoms with E-state index in [1.807, 2.05) is 12.1 Å². The number of rotatable bonds is 6. The molecule has 4 amide bonds. The highest BCUT2D eigenvalue weighted by Crippen LogP contribution is 2.28. The Bertz CT molecular complexity index is 1210. The molecule has 7 nitrogen and oxygen atoms in total. The molecule has 0 atom stereocenters. The maximum Gasteiger partial charge on any atom is 0.331 e. The van der Waals surface area contributed by atoms with Gasteiger partial charge in [0.2, 0.25) is 0 Å². The van der Waals surface area contributed by atoms with Crippen molar-refractivity contribution in [3.63, 3.8) is 0 Å². The number of imide groups is 2. The minimum Gasteiger partial charge on any atom is -0.488 e. The van der Waals surface area contributed by atoms with Crippen LogP contribution in [0.3, 0.4) is 0 Å². The molecule has 32 heavy (non-hydrogen) atoms. The first kappa shape index (κ1) is 21.9. The van der Waals surface area contributed by atoms with Crippen LogP contribution in [0.1, 0.15) is 16.9 Å². The third kappa shape index (κ3) is 4.92. The predicted molar refractivity (Wildman–Crippen MR) is 121 cm³/mol. The highest BCUT2D eigenvalue weighted by molar-refractivity contribution is 9.10. The van der Waals surface area contributed by atoms with Crippen molar-refractivity contribution in [3.05, 3.63) is 92.8 Å². The van der Waals surface area contributed by atoms with Crippen LogP contribution in [-0.2, 0) is 22.7 Å². The van der Waals surface area contributed by atoms with Gasteiger partial charge in [-0.1, -0.05) is 39.7 Å². The molecule has 0 spiro atoms. The van der Waals surface area contributed by atoms with E-state index in [0.717, 1.165) is 14.9 Å². The summed E-state index contributed by atoms with van der Waals surface area (Å²) in [4.78, 5) is 38.5. The average molecular weight is 516 g/mol. The Morgan fingerprint density at radius 2 is 1.88 bits per heavy atom. The first-order valence-electron chi connectivity index (χ1n) is 9.49. The second-order valence-corrected chi connectivity index (χ2v) is 8.24. The van der Waals surface area contributed by atoms with Crippen LogP contribution >= 0.6 is 27.5 Å². The van der Waals surface area contributed by atoms with Gasteiger partial charge >= 0.3 is 6.03 Å². The molecule has 0 aliphatic carbocycles. The molecule has 162 valence electrons. The molecule has 1 fully saturated rings. The van der Waals surface area contributed by atoms with Gasteiger partial charge in [0.05, 0.1) is 12.8 Å². The number of nitrogens with zero attached hydrogens (tertiary/aromatic N) is 1. The Hall–Kier alpha value is -3.36. The first-order chi connectivity index (χ1) is 15.4. The molecule has 1 aromatic heterocycles. The SMILES string of the molecule is O=C1NC(=O)N(Cc2ccco2)C(=O)/C1=C/c1cc(Br)ccc1OCc1ccc(Cl)cc1. The molecule has 1 aliphatic heterocycles. The highest BCUT2D eigenvalue weighted by Gasteiger charge is 2.36. The zero-order chi connectivity index (χ0) is 22.7. The number of benzene rings is 2. The summed E-state index contributed by atoms with van der Waals surface area (Å²) in [6.07, 6.45) is 2.84. The van der Waals surface area contributed by atoms with E-state index in [0.29, 0.717) is 22.1 Å². The number of nitrogens with one attached hydrogen (secondary N) is 1. The van der Waals surface area contributed by atoms with Crippen molar-refractivity contribution in [1.29, 1.82) is 0 Å². The summed E-state index contributed by atoms with van der Waals surface area (Å²) in [7, 11) is 0. The zero-order valence-electron chi connectivity index (χ0n) is 16.5. The fourth-order valence-electron chi connectivity index (χ4n) is 3.06. The lowest BCUT2D eigenvalue weighted by Gasteiger charge is -2.25. The fourth-order valence-corrected chi connectivity index (χ4v) is 3.56. The molecule has 0 unspecified atom stereocenters. The van der Waals surface area contributed by atoms with Gasteiger partial charge in [0.25, 0.3) is 11.8 Å². The Labute approximate surface area is 196 Å². The van der Waals surface area contributed by atoms with E-state index in [2.05, 4.69) is 21.2 Å². The predicted octanol–water partition coefficient (Wildman–Crippen LogP) is 4.94. The van der Waals surface area contributed by atoms with E-state index in [1.54, 1.807) is 42.5 Å². The minimum absolute atomic E-state index is 0.0965. The lowest BCUT2D eigenvalue weighted by molar-refractivity contribution is -0.130. The van der Waals surface area contributed by atoms with Gasteiger partial charge in [-0.25, -0.2) is 4.79 Å². The van der Waals surface area contributed by atoms with E-state index in [1.165, 1.54) is 12.3 Å². The Balaban J connectivity index is 1.61. The van der Waals surface area contributed by atoms with Crippen LogP contribution in [-0.4, -0.2) is 22.7 Å². The molecule has 4 rings (SSSR count). The van der Waals surface area contributed by atoms with Crippen molar-refractivity contribution in [1.82, 2.24) is 10.2 Å². The largest absolute Gasteiger partial charge is 0.488 e. The van der Waals surface area contributed by atoms with Crippen molar-refractivity contribution in [2.75, 3.05) is 0 Å². The second-order valence-electron chi connectivity index (χ2n) is 6.89. The van der Waals surface area contributed by atoms with Crippen molar-refractivity contribution in [2.24, 2.45) is 0 Å². The zero-order valence-corrected chi connectivity index (χ0v) is 18.9. The summed E-state index contributed by atoms with van der Waals surface area (Å²) in [6, 6.07) is 14.9. The summed E-state index contributed by atoms with van der Waals surface area (Å²) in [5.41, 5.74) is 1.21. The molecule has 1 aliphatic rings. The summed E-state index contributed by atoms with van der Waals surface area (Å²) >= 11 is 9.31. The van der Waals surface area contributed by atoms with Crippen LogP contribution in [0, 0.1) is 0 Å². The monoisotopic (exact) mass is 514 g/mol. The Morgan fingerprint density at radius 3 is 2.59 bits per heavy atom. The maximum absolute atomic E-state index is 13.0. The number of carbonyl (C=O) groups is 3. The van der Waals surface area contributed by atoms with Gasteiger partial charge in [-0.15, -0.1) is 0 Å². The van der Waals surface area contributed by atoms with Gasteiger partial charge in [-0.2, -0.15) is 0 Å². The van der Waals surface area contributed by atoms with Gasteiger partial charge in [0, 0.05) is 15.1 Å². The fraction of sp³-hybridized carbons (Fsp3) is 0.0870. The van der Waals surface area contributed by atoms with Crippen molar-refractivity contribution in [2.45, 2.75) is 13.2 Å². The second kappa shape index (κ2) is 9.42. The van der Waals surface area contributed by atoms with Crippen LogP contribution in [0.25, 0.3) is 6.08 Å². The number of halogens is 2. The molecule has 2 aromatic carbocycles. The average Bonchev–Trinajstić information content (AvgIpc) is 3.28. The summed E-state index contributed by atoms with van der Waals surface area (Å²) in [6.45, 7) is 0.166. The molecule has 0 bridgehead atoms. The molecule has 1 N–H and O–H groups in total. The van der Waals surface area contributed by atoms with E-state index < -0.39 is 17.8 Å². The quantitative estimate of drug-likeness (QED) is 0.371. The standard InChI is InChI=1S/C23H16BrClN2O5/c24-16-5-8-20(32-13-14-3-6-17(25)7-4-14)15(10-16)11-19-21(28)26-23(30)27(22(19)29)12-18-2-1-9-31-18/h1-11H,12-13H2,(H,26,28,30)/b19-11+. The molecule has 9 heteroatoms. The van der Waals surface area contributed by atoms with Crippen LogP contribution in [0.2, 0.25) is 5.02 Å². The number of hydrogen-bond donors (Lipinski definition) is 1. The van der Waals surface area contributed by atoms with Crippen molar-refractivity contribution in [3.8, 4) is 5.75 Å². The number of hydrogen-bond acceptors (Lipinski definition) is 5. The van der Waals surface area contributed by atoms with Crippen LogP contribution < -0.4 is 10.1 Å². The van der Waals surface area contributed by atoms with E-state index in [-0.39, 0.29) is 18.7 Å². The van der Waals surface area contributed by atoms with Gasteiger partial charge in [0.15, 0.2) is 0 Å². The number of furan rings is 1. The Kier molecular flexibility index (Phi) is 6.43. The van der Waals surface area contributed by atoms with Crippen molar-refractivity contribution >= 4 is 51.5 Å². The van der Waals surface area contributed by atoms with E-state index >= 15 is 0 Å². The normalized spacial score (nSPS) is 15.2. The lowest BCUT2D eigenvalue weighted by atomic mass is 10.1. The van der Waals surface area contributed by atoms with E-state index in [4.69, 9.17) is 20.8 Å². The first-order valence-corrected chi connectivity index (χ1v) is 10.7. The van der Waals surface area contributed by atoms with Gasteiger partial charge in [-0.05, 0) is 54.1 Å². The molecular weight excluding hydrogens is 500 g/mol. The topological polar surface area (TPSA) is 88.9 Å². The number of barbiturate groups is 1.